The lowest BCUT2D eigenvalue weighted by Crippen LogP contribution is -2.51. The quantitative estimate of drug-likeness (QED) is 0.637. The summed E-state index contributed by atoms with van der Waals surface area (Å²) in [6.45, 7) is 2.65. The van der Waals surface area contributed by atoms with Crippen molar-refractivity contribution in [1.82, 2.24) is 14.5 Å². The number of nitrogens with zero attached hydrogens (tertiary/aromatic N) is 3. The van der Waals surface area contributed by atoms with Gasteiger partial charge in [-0.15, -0.1) is 0 Å². The van der Waals surface area contributed by atoms with Crippen molar-refractivity contribution in [2.24, 2.45) is 40.9 Å². The van der Waals surface area contributed by atoms with Crippen LogP contribution in [0.2, 0.25) is 0 Å². The van der Waals surface area contributed by atoms with Crippen molar-refractivity contribution in [1.29, 1.82) is 5.26 Å². The van der Waals surface area contributed by atoms with E-state index in [1.165, 1.54) is 25.5 Å². The summed E-state index contributed by atoms with van der Waals surface area (Å²) >= 11 is 0. The second kappa shape index (κ2) is 8.69. The van der Waals surface area contributed by atoms with E-state index in [4.69, 9.17) is 5.26 Å². The van der Waals surface area contributed by atoms with E-state index >= 15 is 0 Å². The maximum atomic E-state index is 13.4. The molecule has 5 saturated carbocycles. The Morgan fingerprint density at radius 2 is 1.91 bits per heavy atom. The molecule has 0 aromatic carbocycles. The predicted octanol–water partition coefficient (Wildman–Crippen LogP) is 4.04. The Hall–Kier alpha value is -1.72. The van der Waals surface area contributed by atoms with Crippen LogP contribution in [0.15, 0.2) is 12.4 Å². The van der Waals surface area contributed by atoms with Gasteiger partial charge in [-0.1, -0.05) is 6.92 Å². The van der Waals surface area contributed by atoms with Crippen LogP contribution in [-0.4, -0.2) is 35.3 Å². The van der Waals surface area contributed by atoms with E-state index in [-0.39, 0.29) is 35.0 Å². The fourth-order valence-electron chi connectivity index (χ4n) is 8.97. The second-order valence-corrected chi connectivity index (χ2v) is 14.5. The summed E-state index contributed by atoms with van der Waals surface area (Å²) in [6, 6.07) is 2.22. The fourth-order valence-corrected chi connectivity index (χ4v) is 10.6. The molecule has 1 aromatic heterocycles. The molecule has 5 aliphatic rings. The highest BCUT2D eigenvalue weighted by Gasteiger charge is 2.58. The number of nitrogens with one attached hydrogen (secondary N) is 1. The molecule has 0 aliphatic heterocycles. The van der Waals surface area contributed by atoms with Crippen molar-refractivity contribution in [3.05, 3.63) is 18.0 Å². The molecule has 7 nitrogen and oxygen atoms in total. The van der Waals surface area contributed by atoms with Gasteiger partial charge in [0, 0.05) is 18.2 Å². The predicted molar refractivity (Wildman–Crippen MR) is 131 cm³/mol. The minimum Gasteiger partial charge on any atom is -0.297 e. The van der Waals surface area contributed by atoms with Crippen molar-refractivity contribution in [3.8, 4) is 6.07 Å². The molecule has 0 spiro atoms. The molecule has 0 saturated heterocycles. The first kappa shape index (κ1) is 23.7. The Kier molecular flexibility index (Phi) is 5.88. The molecule has 6 rings (SSSR count). The highest BCUT2D eigenvalue weighted by Crippen LogP contribution is 2.64. The topological polar surface area (TPSA) is 105 Å². The summed E-state index contributed by atoms with van der Waals surface area (Å²) in [5, 5.41) is 13.1. The fraction of sp³-hybridized carbons (Fsp3) is 0.815. The Morgan fingerprint density at radius 1 is 1.11 bits per heavy atom. The van der Waals surface area contributed by atoms with Crippen molar-refractivity contribution in [2.45, 2.75) is 95.4 Å². The summed E-state index contributed by atoms with van der Waals surface area (Å²) in [5.74, 6) is 3.81. The Morgan fingerprint density at radius 3 is 2.66 bits per heavy atom. The van der Waals surface area contributed by atoms with E-state index in [0.717, 1.165) is 63.2 Å². The molecule has 0 radical (unpaired) electrons. The number of fused-ring (bicyclic) bond motifs is 5. The molecule has 5 aliphatic carbocycles. The van der Waals surface area contributed by atoms with Gasteiger partial charge in [-0.25, -0.2) is 13.1 Å². The van der Waals surface area contributed by atoms with Crippen LogP contribution >= 0.6 is 0 Å². The highest BCUT2D eigenvalue weighted by atomic mass is 32.2. The van der Waals surface area contributed by atoms with Crippen molar-refractivity contribution >= 4 is 15.8 Å². The molecule has 0 amide bonds. The molecular formula is C27H38N4O3S. The van der Waals surface area contributed by atoms with Crippen molar-refractivity contribution in [3.63, 3.8) is 0 Å². The van der Waals surface area contributed by atoms with Gasteiger partial charge < -0.3 is 0 Å². The van der Waals surface area contributed by atoms with E-state index in [9.17, 15) is 13.2 Å². The Bertz CT molecular complexity index is 1140. The average molecular weight is 499 g/mol. The van der Waals surface area contributed by atoms with Crippen molar-refractivity contribution in [2.75, 3.05) is 0 Å². The first-order chi connectivity index (χ1) is 16.8. The molecular weight excluding hydrogens is 460 g/mol. The Balaban J connectivity index is 1.11. The van der Waals surface area contributed by atoms with E-state index < -0.39 is 10.0 Å². The zero-order valence-corrected chi connectivity index (χ0v) is 21.5. The van der Waals surface area contributed by atoms with Gasteiger partial charge in [0.1, 0.15) is 6.07 Å². The molecule has 1 aromatic rings. The van der Waals surface area contributed by atoms with Crippen LogP contribution in [0.4, 0.5) is 0 Å². The van der Waals surface area contributed by atoms with Gasteiger partial charge in [0.15, 0.2) is 5.78 Å². The third-order valence-corrected chi connectivity index (χ3v) is 12.7. The lowest BCUT2D eigenvalue weighted by Gasteiger charge is -2.56. The van der Waals surface area contributed by atoms with Gasteiger partial charge in [0.05, 0.1) is 23.6 Å². The summed E-state index contributed by atoms with van der Waals surface area (Å²) in [6.07, 6.45) is 14.9. The second-order valence-electron chi connectivity index (χ2n) is 12.5. The number of nitriles is 1. The number of ketones is 1. The molecule has 8 heteroatoms. The number of aromatic nitrogens is 2. The van der Waals surface area contributed by atoms with Crippen LogP contribution in [0.25, 0.3) is 0 Å². The summed E-state index contributed by atoms with van der Waals surface area (Å²) < 4.78 is 29.6. The Labute approximate surface area is 209 Å². The lowest BCUT2D eigenvalue weighted by atomic mass is 9.49. The molecule has 8 atom stereocenters. The number of hydrogen-bond donors (Lipinski definition) is 1. The van der Waals surface area contributed by atoms with Gasteiger partial charge in [0.25, 0.3) is 0 Å². The maximum absolute atomic E-state index is 13.4. The molecule has 35 heavy (non-hydrogen) atoms. The number of hydrogen-bond acceptors (Lipinski definition) is 5. The van der Waals surface area contributed by atoms with E-state index in [0.29, 0.717) is 23.3 Å². The van der Waals surface area contributed by atoms with Crippen LogP contribution in [0.3, 0.4) is 0 Å². The van der Waals surface area contributed by atoms with Crippen LogP contribution < -0.4 is 4.72 Å². The standard InChI is InChI=1S/C27H38N4O3S/c1-27-11-10-22-21-7-3-19(30-35(33,34)20-4-5-20)12-18(21)2-6-23(22)24(27)8-9-25(27)26(32)16-31-15-17(13-28)14-29-31/h14-15,18-25,30H,2-12,16H2,1H3/t18-,19+,21+,22-,23-,24+,25-,27+/m1/s1. The number of sulfonamides is 1. The van der Waals surface area contributed by atoms with Gasteiger partial charge in [0.2, 0.25) is 10.0 Å². The maximum Gasteiger partial charge on any atom is 0.214 e. The molecule has 190 valence electrons. The minimum atomic E-state index is -3.11. The molecule has 0 unspecified atom stereocenters. The normalized spacial score (nSPS) is 40.9. The summed E-state index contributed by atoms with van der Waals surface area (Å²) in [7, 11) is -3.11. The van der Waals surface area contributed by atoms with Gasteiger partial charge in [-0.05, 0) is 106 Å². The average Bonchev–Trinajstić information content (AvgIpc) is 3.51. The van der Waals surface area contributed by atoms with E-state index in [1.54, 1.807) is 10.9 Å². The van der Waals surface area contributed by atoms with Crippen LogP contribution in [-0.2, 0) is 21.4 Å². The molecule has 5 fully saturated rings. The third-order valence-electron chi connectivity index (χ3n) is 10.7. The summed E-state index contributed by atoms with van der Waals surface area (Å²) in [4.78, 5) is 13.4. The van der Waals surface area contributed by atoms with Crippen molar-refractivity contribution < 1.29 is 13.2 Å². The smallest absolute Gasteiger partial charge is 0.214 e. The van der Waals surface area contributed by atoms with Gasteiger partial charge in [-0.3, -0.25) is 9.48 Å². The minimum absolute atomic E-state index is 0.0768. The van der Waals surface area contributed by atoms with Crippen LogP contribution in [0.5, 0.6) is 0 Å². The number of carbonyl (C=O) groups excluding carboxylic acids is 1. The SMILES string of the molecule is C[C@]12CC[C@H]3[C@@H](CC[C@@H]4C[C@@H](NS(=O)(=O)C5CC5)CC[C@@H]43)[C@@H]1CC[C@@H]2C(=O)Cn1cc(C#N)cn1. The number of rotatable bonds is 6. The zero-order valence-electron chi connectivity index (χ0n) is 20.7. The zero-order chi connectivity index (χ0) is 24.4. The van der Waals surface area contributed by atoms with Crippen LogP contribution in [0.1, 0.15) is 83.1 Å². The highest BCUT2D eigenvalue weighted by molar-refractivity contribution is 7.90. The number of Topliss-reactive ketones (excluding diaryl/α,β-unsaturated/α-hetero) is 1. The van der Waals surface area contributed by atoms with Gasteiger partial charge >= 0.3 is 0 Å². The number of carbonyl (C=O) groups is 1. The lowest BCUT2D eigenvalue weighted by molar-refractivity contribution is -0.131. The van der Waals surface area contributed by atoms with E-state index in [1.807, 2.05) is 0 Å². The first-order valence-electron chi connectivity index (χ1n) is 13.7. The molecule has 1 heterocycles. The largest absolute Gasteiger partial charge is 0.297 e. The van der Waals surface area contributed by atoms with Crippen LogP contribution in [0, 0.1) is 52.3 Å². The monoisotopic (exact) mass is 498 g/mol. The first-order valence-corrected chi connectivity index (χ1v) is 15.3. The third kappa shape index (κ3) is 4.17. The summed E-state index contributed by atoms with van der Waals surface area (Å²) in [5.41, 5.74) is 0.577. The molecule has 0 bridgehead atoms. The molecule has 1 N–H and O–H groups in total. The van der Waals surface area contributed by atoms with Gasteiger partial charge in [-0.2, -0.15) is 10.4 Å². The van der Waals surface area contributed by atoms with E-state index in [2.05, 4.69) is 22.8 Å².